The number of anilines is 1. The lowest BCUT2D eigenvalue weighted by Crippen LogP contribution is -2.00. The van der Waals surface area contributed by atoms with Crippen molar-refractivity contribution in [3.63, 3.8) is 0 Å². The summed E-state index contributed by atoms with van der Waals surface area (Å²) < 4.78 is 0. The van der Waals surface area contributed by atoms with Gasteiger partial charge in [-0.05, 0) is 73.1 Å². The van der Waals surface area contributed by atoms with Crippen LogP contribution in [0.4, 0.5) is 5.69 Å². The zero-order chi connectivity index (χ0) is 13.2. The zero-order valence-electron chi connectivity index (χ0n) is 11.8. The Morgan fingerprint density at radius 1 is 0.895 bits per heavy atom. The van der Waals surface area contributed by atoms with Crippen LogP contribution in [0.25, 0.3) is 0 Å². The summed E-state index contributed by atoms with van der Waals surface area (Å²) in [5.74, 6) is 0. The minimum atomic E-state index is 0.912. The SMILES string of the molecule is Cc1ccc(NCc2ccc3c(c2)CCC3)cc1C. The van der Waals surface area contributed by atoms with Crippen molar-refractivity contribution in [1.29, 1.82) is 0 Å². The molecule has 0 unspecified atom stereocenters. The predicted molar refractivity (Wildman–Crippen MR) is 81.7 cm³/mol. The first kappa shape index (κ1) is 12.3. The van der Waals surface area contributed by atoms with Gasteiger partial charge in [0.15, 0.2) is 0 Å². The van der Waals surface area contributed by atoms with E-state index in [1.54, 1.807) is 11.1 Å². The first-order valence-corrected chi connectivity index (χ1v) is 7.14. The standard InChI is InChI=1S/C18H21N/c1-13-6-9-18(10-14(13)2)19-12-15-7-8-16-4-3-5-17(16)11-15/h6-11,19H,3-5,12H2,1-2H3. The van der Waals surface area contributed by atoms with Gasteiger partial charge in [0.05, 0.1) is 0 Å². The summed E-state index contributed by atoms with van der Waals surface area (Å²) in [7, 11) is 0. The van der Waals surface area contributed by atoms with Crippen LogP contribution in [0.3, 0.4) is 0 Å². The number of aryl methyl sites for hydroxylation is 4. The molecular formula is C18H21N. The fraction of sp³-hybridized carbons (Fsp3) is 0.333. The van der Waals surface area contributed by atoms with Crippen molar-refractivity contribution in [1.82, 2.24) is 0 Å². The number of hydrogen-bond donors (Lipinski definition) is 1. The molecule has 0 amide bonds. The molecule has 0 radical (unpaired) electrons. The Morgan fingerprint density at radius 3 is 2.58 bits per heavy atom. The summed E-state index contributed by atoms with van der Waals surface area (Å²) in [6.07, 6.45) is 3.84. The number of benzene rings is 2. The summed E-state index contributed by atoms with van der Waals surface area (Å²) in [6, 6.07) is 13.5. The third-order valence-corrected chi connectivity index (χ3v) is 4.17. The van der Waals surface area contributed by atoms with E-state index in [2.05, 4.69) is 55.6 Å². The molecule has 1 heteroatoms. The molecule has 0 saturated carbocycles. The molecule has 1 N–H and O–H groups in total. The van der Waals surface area contributed by atoms with Gasteiger partial charge in [-0.1, -0.05) is 24.3 Å². The first-order chi connectivity index (χ1) is 9.22. The Morgan fingerprint density at radius 2 is 1.74 bits per heavy atom. The molecule has 0 atom stereocenters. The topological polar surface area (TPSA) is 12.0 Å². The third kappa shape index (κ3) is 2.65. The molecule has 0 spiro atoms. The van der Waals surface area contributed by atoms with Crippen LogP contribution in [0, 0.1) is 13.8 Å². The Kier molecular flexibility index (Phi) is 3.29. The van der Waals surface area contributed by atoms with Crippen molar-refractivity contribution in [3.8, 4) is 0 Å². The van der Waals surface area contributed by atoms with E-state index >= 15 is 0 Å². The number of nitrogens with one attached hydrogen (secondary N) is 1. The Balaban J connectivity index is 1.70. The smallest absolute Gasteiger partial charge is 0.0400 e. The lowest BCUT2D eigenvalue weighted by molar-refractivity contribution is 0.911. The second-order valence-electron chi connectivity index (χ2n) is 5.61. The van der Waals surface area contributed by atoms with Gasteiger partial charge in [0.1, 0.15) is 0 Å². The molecule has 1 aliphatic carbocycles. The Hall–Kier alpha value is -1.76. The second-order valence-corrected chi connectivity index (χ2v) is 5.61. The van der Waals surface area contributed by atoms with Gasteiger partial charge in [0.25, 0.3) is 0 Å². The highest BCUT2D eigenvalue weighted by molar-refractivity contribution is 5.48. The molecule has 0 bridgehead atoms. The average molecular weight is 251 g/mol. The molecule has 2 aromatic rings. The molecule has 0 saturated heterocycles. The lowest BCUT2D eigenvalue weighted by atomic mass is 10.1. The van der Waals surface area contributed by atoms with Crippen molar-refractivity contribution in [2.75, 3.05) is 5.32 Å². The van der Waals surface area contributed by atoms with Crippen LogP contribution in [0.15, 0.2) is 36.4 Å². The van der Waals surface area contributed by atoms with Gasteiger partial charge in [-0.25, -0.2) is 0 Å². The highest BCUT2D eigenvalue weighted by Gasteiger charge is 2.10. The molecule has 1 aliphatic rings. The maximum absolute atomic E-state index is 3.52. The molecule has 19 heavy (non-hydrogen) atoms. The molecule has 0 heterocycles. The molecule has 3 rings (SSSR count). The summed E-state index contributed by atoms with van der Waals surface area (Å²) in [5.41, 5.74) is 8.40. The van der Waals surface area contributed by atoms with Crippen LogP contribution in [-0.4, -0.2) is 0 Å². The van der Waals surface area contributed by atoms with Crippen LogP contribution in [-0.2, 0) is 19.4 Å². The van der Waals surface area contributed by atoms with E-state index in [4.69, 9.17) is 0 Å². The maximum atomic E-state index is 3.52. The molecule has 0 aromatic heterocycles. The lowest BCUT2D eigenvalue weighted by Gasteiger charge is -2.10. The molecule has 0 aliphatic heterocycles. The zero-order valence-corrected chi connectivity index (χ0v) is 11.8. The largest absolute Gasteiger partial charge is 0.381 e. The summed E-state index contributed by atoms with van der Waals surface area (Å²) in [5, 5.41) is 3.52. The quantitative estimate of drug-likeness (QED) is 0.852. The molecule has 0 fully saturated rings. The molecule has 98 valence electrons. The van der Waals surface area contributed by atoms with Crippen molar-refractivity contribution < 1.29 is 0 Å². The number of hydrogen-bond acceptors (Lipinski definition) is 1. The van der Waals surface area contributed by atoms with Gasteiger partial charge in [-0.2, -0.15) is 0 Å². The van der Waals surface area contributed by atoms with Crippen LogP contribution < -0.4 is 5.32 Å². The first-order valence-electron chi connectivity index (χ1n) is 7.14. The van der Waals surface area contributed by atoms with Gasteiger partial charge in [0.2, 0.25) is 0 Å². The van der Waals surface area contributed by atoms with E-state index in [0.717, 1.165) is 6.54 Å². The fourth-order valence-electron chi connectivity index (χ4n) is 2.79. The van der Waals surface area contributed by atoms with Gasteiger partial charge in [0, 0.05) is 12.2 Å². The fourth-order valence-corrected chi connectivity index (χ4v) is 2.79. The van der Waals surface area contributed by atoms with Crippen molar-refractivity contribution in [2.24, 2.45) is 0 Å². The molecule has 1 nitrogen and oxygen atoms in total. The van der Waals surface area contributed by atoms with E-state index in [1.807, 2.05) is 0 Å². The second kappa shape index (κ2) is 5.08. The van der Waals surface area contributed by atoms with Crippen LogP contribution in [0.5, 0.6) is 0 Å². The van der Waals surface area contributed by atoms with Crippen molar-refractivity contribution in [2.45, 2.75) is 39.7 Å². The van der Waals surface area contributed by atoms with Gasteiger partial charge < -0.3 is 5.32 Å². The monoisotopic (exact) mass is 251 g/mol. The maximum Gasteiger partial charge on any atom is 0.0400 e. The minimum absolute atomic E-state index is 0.912. The van der Waals surface area contributed by atoms with Crippen molar-refractivity contribution in [3.05, 3.63) is 64.2 Å². The van der Waals surface area contributed by atoms with E-state index in [-0.39, 0.29) is 0 Å². The Labute approximate surface area is 115 Å². The van der Waals surface area contributed by atoms with Crippen LogP contribution >= 0.6 is 0 Å². The van der Waals surface area contributed by atoms with Crippen LogP contribution in [0.2, 0.25) is 0 Å². The third-order valence-electron chi connectivity index (χ3n) is 4.17. The summed E-state index contributed by atoms with van der Waals surface area (Å²) in [4.78, 5) is 0. The van der Waals surface area contributed by atoms with Gasteiger partial charge in [-0.3, -0.25) is 0 Å². The predicted octanol–water partition coefficient (Wildman–Crippen LogP) is 4.40. The number of fused-ring (bicyclic) bond motifs is 1. The minimum Gasteiger partial charge on any atom is -0.381 e. The highest BCUT2D eigenvalue weighted by atomic mass is 14.9. The van der Waals surface area contributed by atoms with Crippen molar-refractivity contribution >= 4 is 5.69 Å². The normalized spacial score (nSPS) is 13.4. The Bertz CT molecular complexity index is 599. The molecule has 2 aromatic carbocycles. The summed E-state index contributed by atoms with van der Waals surface area (Å²) in [6.45, 7) is 5.23. The van der Waals surface area contributed by atoms with E-state index in [1.165, 1.54) is 41.6 Å². The van der Waals surface area contributed by atoms with Crippen LogP contribution in [0.1, 0.15) is 34.2 Å². The van der Waals surface area contributed by atoms with Gasteiger partial charge >= 0.3 is 0 Å². The highest BCUT2D eigenvalue weighted by Crippen LogP contribution is 2.23. The van der Waals surface area contributed by atoms with Gasteiger partial charge in [-0.15, -0.1) is 0 Å². The van der Waals surface area contributed by atoms with E-state index < -0.39 is 0 Å². The molecular weight excluding hydrogens is 230 g/mol. The summed E-state index contributed by atoms with van der Waals surface area (Å²) >= 11 is 0. The average Bonchev–Trinajstić information content (AvgIpc) is 2.87. The number of rotatable bonds is 3. The van der Waals surface area contributed by atoms with E-state index in [0.29, 0.717) is 0 Å². The van der Waals surface area contributed by atoms with E-state index in [9.17, 15) is 0 Å².